The SMILES string of the molecule is C[C@H](O)c1cncn1[C@@H]1c2ccccc2C(=O)OC1(C)C. The van der Waals surface area contributed by atoms with Gasteiger partial charge in [0.2, 0.25) is 0 Å². The summed E-state index contributed by atoms with van der Waals surface area (Å²) in [6.45, 7) is 5.44. The number of carbonyl (C=O) groups is 1. The number of carbonyl (C=O) groups excluding carboxylic acids is 1. The average molecular weight is 286 g/mol. The number of fused-ring (bicyclic) bond motifs is 1. The van der Waals surface area contributed by atoms with E-state index < -0.39 is 11.7 Å². The fourth-order valence-corrected chi connectivity index (χ4v) is 2.98. The first-order chi connectivity index (χ1) is 9.92. The maximum Gasteiger partial charge on any atom is 0.339 e. The number of nitrogens with zero attached hydrogens (tertiary/aromatic N) is 2. The van der Waals surface area contributed by atoms with Crippen LogP contribution < -0.4 is 0 Å². The highest BCUT2D eigenvalue weighted by Crippen LogP contribution is 2.40. The molecular formula is C16H18N2O3. The lowest BCUT2D eigenvalue weighted by Gasteiger charge is -2.40. The molecule has 0 fully saturated rings. The molecule has 5 nitrogen and oxygen atoms in total. The van der Waals surface area contributed by atoms with Crippen LogP contribution in [0.4, 0.5) is 0 Å². The van der Waals surface area contributed by atoms with E-state index in [1.165, 1.54) is 0 Å². The van der Waals surface area contributed by atoms with Crippen molar-refractivity contribution >= 4 is 5.97 Å². The molecule has 3 rings (SSSR count). The molecule has 1 N–H and O–H groups in total. The Labute approximate surface area is 123 Å². The zero-order valence-electron chi connectivity index (χ0n) is 12.3. The molecule has 110 valence electrons. The summed E-state index contributed by atoms with van der Waals surface area (Å²) < 4.78 is 7.49. The van der Waals surface area contributed by atoms with Crippen LogP contribution in [0.25, 0.3) is 0 Å². The number of rotatable bonds is 2. The lowest BCUT2D eigenvalue weighted by Crippen LogP contribution is -2.44. The maximum atomic E-state index is 12.1. The molecule has 0 amide bonds. The molecule has 2 heterocycles. The van der Waals surface area contributed by atoms with Gasteiger partial charge in [-0.1, -0.05) is 18.2 Å². The predicted octanol–water partition coefficient (Wildman–Crippen LogP) is 2.47. The molecule has 21 heavy (non-hydrogen) atoms. The van der Waals surface area contributed by atoms with Crippen LogP contribution in [-0.4, -0.2) is 26.2 Å². The van der Waals surface area contributed by atoms with Gasteiger partial charge >= 0.3 is 5.97 Å². The van der Waals surface area contributed by atoms with Gasteiger partial charge in [0.15, 0.2) is 0 Å². The predicted molar refractivity (Wildman–Crippen MR) is 76.9 cm³/mol. The number of ether oxygens (including phenoxy) is 1. The number of aliphatic hydroxyl groups excluding tert-OH is 1. The van der Waals surface area contributed by atoms with Crippen LogP contribution in [-0.2, 0) is 4.74 Å². The molecule has 2 atom stereocenters. The number of benzene rings is 1. The molecule has 0 unspecified atom stereocenters. The Hall–Kier alpha value is -2.14. The van der Waals surface area contributed by atoms with Gasteiger partial charge < -0.3 is 14.4 Å². The van der Waals surface area contributed by atoms with Crippen LogP contribution in [0.2, 0.25) is 0 Å². The summed E-state index contributed by atoms with van der Waals surface area (Å²) >= 11 is 0. The number of aromatic nitrogens is 2. The van der Waals surface area contributed by atoms with Gasteiger partial charge in [0.25, 0.3) is 0 Å². The zero-order chi connectivity index (χ0) is 15.2. The van der Waals surface area contributed by atoms with Gasteiger partial charge in [0.05, 0.1) is 35.9 Å². The Morgan fingerprint density at radius 2 is 2.10 bits per heavy atom. The number of imidazole rings is 1. The van der Waals surface area contributed by atoms with E-state index in [9.17, 15) is 9.90 Å². The molecule has 1 aromatic carbocycles. The van der Waals surface area contributed by atoms with Crippen LogP contribution in [0.5, 0.6) is 0 Å². The Balaban J connectivity index is 2.22. The van der Waals surface area contributed by atoms with Crippen molar-refractivity contribution in [2.24, 2.45) is 0 Å². The van der Waals surface area contributed by atoms with E-state index in [4.69, 9.17) is 4.74 Å². The minimum absolute atomic E-state index is 0.224. The van der Waals surface area contributed by atoms with E-state index in [0.717, 1.165) is 5.56 Å². The van der Waals surface area contributed by atoms with Gasteiger partial charge in [-0.3, -0.25) is 0 Å². The number of aliphatic hydroxyl groups is 1. The second kappa shape index (κ2) is 4.70. The molecule has 0 spiro atoms. The highest BCUT2D eigenvalue weighted by Gasteiger charge is 2.43. The third-order valence-electron chi connectivity index (χ3n) is 3.89. The van der Waals surface area contributed by atoms with E-state index in [2.05, 4.69) is 4.98 Å². The van der Waals surface area contributed by atoms with Crippen molar-refractivity contribution in [2.45, 2.75) is 38.5 Å². The topological polar surface area (TPSA) is 64.4 Å². The lowest BCUT2D eigenvalue weighted by molar-refractivity contribution is -0.0273. The first-order valence-corrected chi connectivity index (χ1v) is 6.94. The second-order valence-electron chi connectivity index (χ2n) is 5.88. The summed E-state index contributed by atoms with van der Waals surface area (Å²) in [5.74, 6) is -0.314. The van der Waals surface area contributed by atoms with Crippen molar-refractivity contribution in [2.75, 3.05) is 0 Å². The second-order valence-corrected chi connectivity index (χ2v) is 5.88. The van der Waals surface area contributed by atoms with Crippen LogP contribution in [0.15, 0.2) is 36.8 Å². The fourth-order valence-electron chi connectivity index (χ4n) is 2.98. The van der Waals surface area contributed by atoms with Gasteiger partial charge in [0, 0.05) is 0 Å². The molecule has 1 aliphatic heterocycles. The quantitative estimate of drug-likeness (QED) is 0.861. The summed E-state index contributed by atoms with van der Waals surface area (Å²) in [6, 6.07) is 7.18. The number of hydrogen-bond acceptors (Lipinski definition) is 4. The maximum absolute atomic E-state index is 12.1. The zero-order valence-corrected chi connectivity index (χ0v) is 12.3. The van der Waals surface area contributed by atoms with Crippen molar-refractivity contribution in [1.29, 1.82) is 0 Å². The normalized spacial score (nSPS) is 21.5. The van der Waals surface area contributed by atoms with Crippen LogP contribution >= 0.6 is 0 Å². The van der Waals surface area contributed by atoms with Crippen molar-refractivity contribution in [3.63, 3.8) is 0 Å². The summed E-state index contributed by atoms with van der Waals surface area (Å²) in [5, 5.41) is 9.93. The first kappa shape index (κ1) is 13.8. The van der Waals surface area contributed by atoms with E-state index in [-0.39, 0.29) is 12.0 Å². The molecule has 0 aliphatic carbocycles. The number of hydrogen-bond donors (Lipinski definition) is 1. The van der Waals surface area contributed by atoms with Gasteiger partial charge in [-0.15, -0.1) is 0 Å². The molecule has 0 bridgehead atoms. The first-order valence-electron chi connectivity index (χ1n) is 6.94. The van der Waals surface area contributed by atoms with Crippen molar-refractivity contribution in [3.05, 3.63) is 53.6 Å². The lowest BCUT2D eigenvalue weighted by atomic mass is 9.85. The number of esters is 1. The Morgan fingerprint density at radius 1 is 1.38 bits per heavy atom. The molecule has 1 aliphatic rings. The standard InChI is InChI=1S/C16H18N2O3/c1-10(19)13-8-17-9-18(13)14-11-6-4-5-7-12(11)15(20)21-16(14,2)3/h4-10,14,19H,1-3H3/t10-,14+/m0/s1. The Morgan fingerprint density at radius 3 is 2.81 bits per heavy atom. The Kier molecular flexibility index (Phi) is 3.10. The Bertz CT molecular complexity index is 688. The minimum Gasteiger partial charge on any atom is -0.453 e. The fraction of sp³-hybridized carbons (Fsp3) is 0.375. The van der Waals surface area contributed by atoms with Crippen molar-refractivity contribution < 1.29 is 14.6 Å². The van der Waals surface area contributed by atoms with Crippen molar-refractivity contribution in [3.8, 4) is 0 Å². The van der Waals surface area contributed by atoms with Gasteiger partial charge in [-0.2, -0.15) is 0 Å². The summed E-state index contributed by atoms with van der Waals surface area (Å²) in [6.07, 6.45) is 2.66. The third kappa shape index (κ3) is 2.14. The highest BCUT2D eigenvalue weighted by atomic mass is 16.6. The average Bonchev–Trinajstić information content (AvgIpc) is 2.87. The van der Waals surface area contributed by atoms with E-state index in [1.807, 2.05) is 36.6 Å². The minimum atomic E-state index is -0.726. The highest BCUT2D eigenvalue weighted by molar-refractivity contribution is 5.93. The van der Waals surface area contributed by atoms with Gasteiger partial charge in [-0.05, 0) is 32.4 Å². The molecule has 0 radical (unpaired) electrons. The van der Waals surface area contributed by atoms with Crippen LogP contribution in [0.1, 0.15) is 54.5 Å². The van der Waals surface area contributed by atoms with E-state index in [0.29, 0.717) is 11.3 Å². The van der Waals surface area contributed by atoms with Gasteiger partial charge in [-0.25, -0.2) is 9.78 Å². The van der Waals surface area contributed by atoms with E-state index >= 15 is 0 Å². The monoisotopic (exact) mass is 286 g/mol. The third-order valence-corrected chi connectivity index (χ3v) is 3.89. The summed E-state index contributed by atoms with van der Waals surface area (Å²) in [7, 11) is 0. The largest absolute Gasteiger partial charge is 0.453 e. The smallest absolute Gasteiger partial charge is 0.339 e. The van der Waals surface area contributed by atoms with Crippen molar-refractivity contribution in [1.82, 2.24) is 9.55 Å². The molecule has 0 saturated heterocycles. The molecule has 1 aromatic heterocycles. The van der Waals surface area contributed by atoms with Crippen LogP contribution in [0.3, 0.4) is 0 Å². The van der Waals surface area contributed by atoms with Gasteiger partial charge in [0.1, 0.15) is 5.60 Å². The molecule has 2 aromatic rings. The summed E-state index contributed by atoms with van der Waals surface area (Å²) in [5.41, 5.74) is 1.42. The summed E-state index contributed by atoms with van der Waals surface area (Å²) in [4.78, 5) is 16.3. The molecule has 5 heteroatoms. The number of cyclic esters (lactones) is 1. The molecule has 0 saturated carbocycles. The molecular weight excluding hydrogens is 268 g/mol. The van der Waals surface area contributed by atoms with E-state index in [1.54, 1.807) is 25.5 Å². The van der Waals surface area contributed by atoms with Crippen LogP contribution in [0, 0.1) is 0 Å².